The maximum atomic E-state index is 4.24. The zero-order valence-electron chi connectivity index (χ0n) is 7.49. The van der Waals surface area contributed by atoms with Crippen LogP contribution in [0.3, 0.4) is 0 Å². The van der Waals surface area contributed by atoms with Crippen molar-refractivity contribution >= 4 is 0 Å². The number of rotatable bonds is 3. The normalized spacial score (nSPS) is 19.5. The molecule has 1 fully saturated rings. The Morgan fingerprint density at radius 3 is 2.83 bits per heavy atom. The van der Waals surface area contributed by atoms with Crippen LogP contribution >= 0.6 is 0 Å². The molecule has 0 aromatic carbocycles. The lowest BCUT2D eigenvalue weighted by atomic mass is 10.2. The third kappa shape index (κ3) is 1.22. The number of nitrogens with one attached hydrogen (secondary N) is 1. The highest BCUT2D eigenvalue weighted by atomic mass is 15.3. The molecule has 1 aliphatic carbocycles. The van der Waals surface area contributed by atoms with E-state index in [9.17, 15) is 0 Å². The highest BCUT2D eigenvalue weighted by Crippen LogP contribution is 2.39. The molecule has 0 bridgehead atoms. The summed E-state index contributed by atoms with van der Waals surface area (Å²) in [6.45, 7) is 0. The van der Waals surface area contributed by atoms with Crippen LogP contribution in [0.4, 0.5) is 0 Å². The summed E-state index contributed by atoms with van der Waals surface area (Å²) < 4.78 is 1.85. The minimum atomic E-state index is 0.400. The van der Waals surface area contributed by atoms with Gasteiger partial charge in [0, 0.05) is 7.05 Å². The van der Waals surface area contributed by atoms with Crippen LogP contribution in [0, 0.1) is 5.92 Å². The molecule has 1 unspecified atom stereocenters. The molecule has 0 saturated heterocycles. The van der Waals surface area contributed by atoms with Gasteiger partial charge in [0.05, 0.1) is 6.04 Å². The molecule has 1 aliphatic rings. The second-order valence-corrected chi connectivity index (χ2v) is 3.35. The minimum absolute atomic E-state index is 0.400. The van der Waals surface area contributed by atoms with E-state index in [1.807, 2.05) is 18.8 Å². The molecule has 0 spiro atoms. The molecule has 1 heterocycles. The highest BCUT2D eigenvalue weighted by molar-refractivity contribution is 5.00. The number of hydrogen-bond acceptors (Lipinski definition) is 3. The predicted molar refractivity (Wildman–Crippen MR) is 45.5 cm³/mol. The van der Waals surface area contributed by atoms with Gasteiger partial charge in [-0.1, -0.05) is 0 Å². The molecule has 1 saturated carbocycles. The van der Waals surface area contributed by atoms with Gasteiger partial charge in [0.25, 0.3) is 0 Å². The average molecular weight is 166 g/mol. The van der Waals surface area contributed by atoms with Crippen LogP contribution in [-0.2, 0) is 7.05 Å². The first-order chi connectivity index (χ1) is 5.83. The van der Waals surface area contributed by atoms with Crippen molar-refractivity contribution in [2.45, 2.75) is 18.9 Å². The highest BCUT2D eigenvalue weighted by Gasteiger charge is 2.33. The van der Waals surface area contributed by atoms with E-state index in [-0.39, 0.29) is 0 Å². The Balaban J connectivity index is 2.20. The van der Waals surface area contributed by atoms with E-state index in [0.717, 1.165) is 11.7 Å². The van der Waals surface area contributed by atoms with E-state index >= 15 is 0 Å². The van der Waals surface area contributed by atoms with E-state index < -0.39 is 0 Å². The summed E-state index contributed by atoms with van der Waals surface area (Å²) in [5.41, 5.74) is 0. The van der Waals surface area contributed by atoms with Crippen LogP contribution in [0.1, 0.15) is 24.7 Å². The summed E-state index contributed by atoms with van der Waals surface area (Å²) in [5.74, 6) is 1.83. The van der Waals surface area contributed by atoms with E-state index in [4.69, 9.17) is 0 Å². The number of nitrogens with zero attached hydrogens (tertiary/aromatic N) is 3. The molecule has 66 valence electrons. The third-order valence-corrected chi connectivity index (χ3v) is 2.43. The summed E-state index contributed by atoms with van der Waals surface area (Å²) in [4.78, 5) is 4.24. The molecule has 0 radical (unpaired) electrons. The Morgan fingerprint density at radius 2 is 2.42 bits per heavy atom. The SMILES string of the molecule is CNC(c1ncnn1C)C1CC1. The van der Waals surface area contributed by atoms with Gasteiger partial charge in [-0.2, -0.15) is 5.10 Å². The smallest absolute Gasteiger partial charge is 0.143 e. The molecule has 2 rings (SSSR count). The van der Waals surface area contributed by atoms with Crippen LogP contribution < -0.4 is 5.32 Å². The van der Waals surface area contributed by atoms with Crippen LogP contribution in [0.25, 0.3) is 0 Å². The van der Waals surface area contributed by atoms with Crippen molar-refractivity contribution in [3.8, 4) is 0 Å². The van der Waals surface area contributed by atoms with Crippen molar-refractivity contribution in [2.75, 3.05) is 7.05 Å². The van der Waals surface area contributed by atoms with Crippen molar-refractivity contribution in [1.29, 1.82) is 0 Å². The van der Waals surface area contributed by atoms with Crippen LogP contribution in [0.2, 0.25) is 0 Å². The molecule has 0 amide bonds. The second-order valence-electron chi connectivity index (χ2n) is 3.35. The molecule has 4 nitrogen and oxygen atoms in total. The van der Waals surface area contributed by atoms with Crippen molar-refractivity contribution in [2.24, 2.45) is 13.0 Å². The van der Waals surface area contributed by atoms with E-state index in [1.54, 1.807) is 6.33 Å². The lowest BCUT2D eigenvalue weighted by molar-refractivity contribution is 0.476. The van der Waals surface area contributed by atoms with Crippen molar-refractivity contribution in [3.63, 3.8) is 0 Å². The van der Waals surface area contributed by atoms with Crippen molar-refractivity contribution in [1.82, 2.24) is 20.1 Å². The largest absolute Gasteiger partial charge is 0.310 e. The Labute approximate surface area is 72.0 Å². The lowest BCUT2D eigenvalue weighted by Gasteiger charge is -2.13. The summed E-state index contributed by atoms with van der Waals surface area (Å²) in [6, 6.07) is 0.400. The van der Waals surface area contributed by atoms with E-state index in [0.29, 0.717) is 6.04 Å². The first-order valence-corrected chi connectivity index (χ1v) is 4.34. The van der Waals surface area contributed by atoms with Crippen LogP contribution in [0.5, 0.6) is 0 Å². The van der Waals surface area contributed by atoms with Gasteiger partial charge < -0.3 is 5.32 Å². The van der Waals surface area contributed by atoms with Gasteiger partial charge in [-0.05, 0) is 25.8 Å². The fourth-order valence-corrected chi connectivity index (χ4v) is 1.59. The first-order valence-electron chi connectivity index (χ1n) is 4.34. The quantitative estimate of drug-likeness (QED) is 0.710. The molecule has 1 atom stereocenters. The number of hydrogen-bond donors (Lipinski definition) is 1. The second kappa shape index (κ2) is 2.86. The Kier molecular flexibility index (Phi) is 1.84. The molecular weight excluding hydrogens is 152 g/mol. The fourth-order valence-electron chi connectivity index (χ4n) is 1.59. The van der Waals surface area contributed by atoms with Gasteiger partial charge >= 0.3 is 0 Å². The number of aromatic nitrogens is 3. The van der Waals surface area contributed by atoms with Gasteiger partial charge in [-0.3, -0.25) is 4.68 Å². The Morgan fingerprint density at radius 1 is 1.67 bits per heavy atom. The van der Waals surface area contributed by atoms with Crippen molar-refractivity contribution < 1.29 is 0 Å². The standard InChI is InChI=1S/C8H14N4/c1-9-7(6-3-4-6)8-10-5-11-12(8)2/h5-7,9H,3-4H2,1-2H3. The molecule has 4 heteroatoms. The van der Waals surface area contributed by atoms with Gasteiger partial charge in [-0.15, -0.1) is 0 Å². The summed E-state index contributed by atoms with van der Waals surface area (Å²) in [6.07, 6.45) is 4.25. The maximum Gasteiger partial charge on any atom is 0.143 e. The fraction of sp³-hybridized carbons (Fsp3) is 0.750. The van der Waals surface area contributed by atoms with E-state index in [1.165, 1.54) is 12.8 Å². The summed E-state index contributed by atoms with van der Waals surface area (Å²) >= 11 is 0. The molecule has 1 N–H and O–H groups in total. The molecular formula is C8H14N4. The number of aryl methyl sites for hydroxylation is 1. The Bertz CT molecular complexity index is 264. The first kappa shape index (κ1) is 7.73. The molecule has 0 aliphatic heterocycles. The predicted octanol–water partition coefficient (Wildman–Crippen LogP) is 0.486. The van der Waals surface area contributed by atoms with Crippen LogP contribution in [-0.4, -0.2) is 21.8 Å². The van der Waals surface area contributed by atoms with Gasteiger partial charge in [-0.25, -0.2) is 4.98 Å². The van der Waals surface area contributed by atoms with Crippen molar-refractivity contribution in [3.05, 3.63) is 12.2 Å². The topological polar surface area (TPSA) is 42.7 Å². The van der Waals surface area contributed by atoms with Crippen LogP contribution in [0.15, 0.2) is 6.33 Å². The zero-order chi connectivity index (χ0) is 8.55. The summed E-state index contributed by atoms with van der Waals surface area (Å²) in [7, 11) is 3.92. The third-order valence-electron chi connectivity index (χ3n) is 2.43. The maximum absolute atomic E-state index is 4.24. The monoisotopic (exact) mass is 166 g/mol. The molecule has 1 aromatic heterocycles. The zero-order valence-corrected chi connectivity index (χ0v) is 7.49. The van der Waals surface area contributed by atoms with Gasteiger partial charge in [0.1, 0.15) is 12.2 Å². The lowest BCUT2D eigenvalue weighted by Crippen LogP contribution is -2.22. The van der Waals surface area contributed by atoms with E-state index in [2.05, 4.69) is 15.4 Å². The average Bonchev–Trinajstić information content (AvgIpc) is 2.80. The summed E-state index contributed by atoms with van der Waals surface area (Å²) in [5, 5.41) is 7.35. The molecule has 12 heavy (non-hydrogen) atoms. The Hall–Kier alpha value is -0.900. The minimum Gasteiger partial charge on any atom is -0.310 e. The molecule has 1 aromatic rings. The van der Waals surface area contributed by atoms with Gasteiger partial charge in [0.15, 0.2) is 0 Å². The van der Waals surface area contributed by atoms with Gasteiger partial charge in [0.2, 0.25) is 0 Å².